The molecule has 0 aromatic carbocycles. The number of rotatable bonds is 0. The van der Waals surface area contributed by atoms with Crippen molar-refractivity contribution in [2.24, 2.45) is 4.99 Å². The SMILES string of the molecule is [CH2-]N1CCC2=C(CC=N2)C1. The Morgan fingerprint density at radius 1 is 1.60 bits per heavy atom. The summed E-state index contributed by atoms with van der Waals surface area (Å²) in [5, 5.41) is 0. The van der Waals surface area contributed by atoms with Gasteiger partial charge in [-0.05, 0) is 25.1 Å². The first-order valence-electron chi connectivity index (χ1n) is 3.65. The zero-order valence-corrected chi connectivity index (χ0v) is 6.01. The molecule has 0 spiro atoms. The van der Waals surface area contributed by atoms with E-state index in [9.17, 15) is 0 Å². The number of nitrogens with zero attached hydrogens (tertiary/aromatic N) is 2. The van der Waals surface area contributed by atoms with Gasteiger partial charge in [0.05, 0.1) is 0 Å². The van der Waals surface area contributed by atoms with E-state index in [0.29, 0.717) is 0 Å². The topological polar surface area (TPSA) is 15.6 Å². The van der Waals surface area contributed by atoms with E-state index in [0.717, 1.165) is 25.9 Å². The third-order valence-corrected chi connectivity index (χ3v) is 2.07. The van der Waals surface area contributed by atoms with Crippen molar-refractivity contribution in [1.82, 2.24) is 4.90 Å². The third-order valence-electron chi connectivity index (χ3n) is 2.07. The standard InChI is InChI=1S/C8H11N2/c1-10-5-3-8-7(6-10)2-4-9-8/h4H,1-3,5-6H2/q-1. The van der Waals surface area contributed by atoms with Gasteiger partial charge in [-0.2, -0.15) is 0 Å². The first kappa shape index (κ1) is 6.10. The molecule has 2 nitrogen and oxygen atoms in total. The first-order chi connectivity index (χ1) is 4.86. The summed E-state index contributed by atoms with van der Waals surface area (Å²) in [7, 11) is 3.90. The van der Waals surface area contributed by atoms with Crippen LogP contribution < -0.4 is 0 Å². The van der Waals surface area contributed by atoms with Crippen molar-refractivity contribution in [3.05, 3.63) is 18.3 Å². The minimum atomic E-state index is 1.02. The minimum absolute atomic E-state index is 1.02. The molecule has 0 atom stereocenters. The highest BCUT2D eigenvalue weighted by atomic mass is 15.1. The molecule has 0 aromatic heterocycles. The Balaban J connectivity index is 2.18. The molecule has 0 saturated heterocycles. The summed E-state index contributed by atoms with van der Waals surface area (Å²) < 4.78 is 0. The second kappa shape index (κ2) is 2.20. The molecule has 2 heteroatoms. The first-order valence-corrected chi connectivity index (χ1v) is 3.65. The van der Waals surface area contributed by atoms with Gasteiger partial charge in [-0.3, -0.25) is 12.0 Å². The van der Waals surface area contributed by atoms with Gasteiger partial charge >= 0.3 is 0 Å². The van der Waals surface area contributed by atoms with Gasteiger partial charge in [-0.15, -0.1) is 0 Å². The van der Waals surface area contributed by atoms with E-state index in [1.807, 2.05) is 6.21 Å². The summed E-state index contributed by atoms with van der Waals surface area (Å²) in [6, 6.07) is 0. The van der Waals surface area contributed by atoms with Crippen LogP contribution in [0.4, 0.5) is 0 Å². The molecule has 0 aromatic rings. The smallest absolute Gasteiger partial charge is 0.0419 e. The Kier molecular flexibility index (Phi) is 1.34. The van der Waals surface area contributed by atoms with E-state index < -0.39 is 0 Å². The van der Waals surface area contributed by atoms with Gasteiger partial charge in [0, 0.05) is 18.3 Å². The van der Waals surface area contributed by atoms with Crippen LogP contribution in [0.25, 0.3) is 0 Å². The Morgan fingerprint density at radius 3 is 3.40 bits per heavy atom. The van der Waals surface area contributed by atoms with Gasteiger partial charge in [0.15, 0.2) is 0 Å². The quantitative estimate of drug-likeness (QED) is 0.456. The molecule has 2 aliphatic heterocycles. The molecule has 0 fully saturated rings. The number of hydrogen-bond donors (Lipinski definition) is 0. The lowest BCUT2D eigenvalue weighted by molar-refractivity contribution is 0.383. The van der Waals surface area contributed by atoms with Crippen LogP contribution in [0.5, 0.6) is 0 Å². The lowest BCUT2D eigenvalue weighted by atomic mass is 10.1. The van der Waals surface area contributed by atoms with E-state index in [1.54, 1.807) is 0 Å². The van der Waals surface area contributed by atoms with Gasteiger partial charge in [0.25, 0.3) is 0 Å². The summed E-state index contributed by atoms with van der Waals surface area (Å²) >= 11 is 0. The van der Waals surface area contributed by atoms with Crippen molar-refractivity contribution in [2.45, 2.75) is 12.8 Å². The molecule has 2 rings (SSSR count). The maximum absolute atomic E-state index is 4.29. The van der Waals surface area contributed by atoms with E-state index in [2.05, 4.69) is 16.9 Å². The lowest BCUT2D eigenvalue weighted by Crippen LogP contribution is -2.24. The average Bonchev–Trinajstić information content (AvgIpc) is 2.33. The molecule has 0 saturated carbocycles. The van der Waals surface area contributed by atoms with Crippen LogP contribution in [0.15, 0.2) is 16.3 Å². The van der Waals surface area contributed by atoms with Gasteiger partial charge in [-0.25, -0.2) is 0 Å². The van der Waals surface area contributed by atoms with E-state index >= 15 is 0 Å². The average molecular weight is 135 g/mol. The highest BCUT2D eigenvalue weighted by Crippen LogP contribution is 2.23. The molecule has 0 radical (unpaired) electrons. The van der Waals surface area contributed by atoms with Crippen molar-refractivity contribution in [3.63, 3.8) is 0 Å². The zero-order chi connectivity index (χ0) is 6.97. The van der Waals surface area contributed by atoms with E-state index in [4.69, 9.17) is 0 Å². The zero-order valence-electron chi connectivity index (χ0n) is 6.01. The second-order valence-electron chi connectivity index (χ2n) is 2.87. The molecule has 0 unspecified atom stereocenters. The lowest BCUT2D eigenvalue weighted by Gasteiger charge is -2.29. The molecule has 0 bridgehead atoms. The molecular weight excluding hydrogens is 124 g/mol. The fourth-order valence-electron chi connectivity index (χ4n) is 1.49. The Morgan fingerprint density at radius 2 is 2.50 bits per heavy atom. The Labute approximate surface area is 61.2 Å². The monoisotopic (exact) mass is 135 g/mol. The van der Waals surface area contributed by atoms with Crippen molar-refractivity contribution in [2.75, 3.05) is 13.1 Å². The molecule has 10 heavy (non-hydrogen) atoms. The van der Waals surface area contributed by atoms with Gasteiger partial charge in [0.1, 0.15) is 0 Å². The van der Waals surface area contributed by atoms with Crippen LogP contribution in [0.1, 0.15) is 12.8 Å². The molecule has 2 heterocycles. The molecule has 0 amide bonds. The normalized spacial score (nSPS) is 25.7. The highest BCUT2D eigenvalue weighted by Gasteiger charge is 2.14. The fourth-order valence-corrected chi connectivity index (χ4v) is 1.49. The summed E-state index contributed by atoms with van der Waals surface area (Å²) in [4.78, 5) is 6.40. The highest BCUT2D eigenvalue weighted by molar-refractivity contribution is 5.67. The van der Waals surface area contributed by atoms with E-state index in [-0.39, 0.29) is 0 Å². The van der Waals surface area contributed by atoms with Crippen LogP contribution in [0.3, 0.4) is 0 Å². The Hall–Kier alpha value is -0.630. The largest absolute Gasteiger partial charge is 0.455 e. The van der Waals surface area contributed by atoms with Crippen LogP contribution in [0, 0.1) is 7.05 Å². The molecule has 0 aliphatic carbocycles. The maximum atomic E-state index is 4.29. The molecular formula is C8H11N2-. The van der Waals surface area contributed by atoms with Crippen LogP contribution in [0.2, 0.25) is 0 Å². The van der Waals surface area contributed by atoms with Crippen LogP contribution in [-0.4, -0.2) is 24.2 Å². The third kappa shape index (κ3) is 0.886. The molecule has 2 aliphatic rings. The van der Waals surface area contributed by atoms with Crippen molar-refractivity contribution < 1.29 is 0 Å². The van der Waals surface area contributed by atoms with E-state index in [1.165, 1.54) is 11.3 Å². The summed E-state index contributed by atoms with van der Waals surface area (Å²) in [6.45, 7) is 2.09. The second-order valence-corrected chi connectivity index (χ2v) is 2.87. The van der Waals surface area contributed by atoms with Crippen LogP contribution >= 0.6 is 0 Å². The fraction of sp³-hybridized carbons (Fsp3) is 0.500. The van der Waals surface area contributed by atoms with Crippen molar-refractivity contribution in [3.8, 4) is 0 Å². The summed E-state index contributed by atoms with van der Waals surface area (Å²) in [6.07, 6.45) is 4.15. The van der Waals surface area contributed by atoms with Crippen molar-refractivity contribution in [1.29, 1.82) is 0 Å². The number of hydrogen-bond acceptors (Lipinski definition) is 2. The molecule has 54 valence electrons. The Bertz CT molecular complexity index is 203. The predicted molar refractivity (Wildman–Crippen MR) is 41.7 cm³/mol. The number of aliphatic imine (C=N–C) groups is 1. The minimum Gasteiger partial charge on any atom is -0.455 e. The van der Waals surface area contributed by atoms with Gasteiger partial charge < -0.3 is 4.90 Å². The summed E-state index contributed by atoms with van der Waals surface area (Å²) in [5.74, 6) is 0. The van der Waals surface area contributed by atoms with Crippen molar-refractivity contribution >= 4 is 6.21 Å². The van der Waals surface area contributed by atoms with Gasteiger partial charge in [0.2, 0.25) is 0 Å². The summed E-state index contributed by atoms with van der Waals surface area (Å²) in [5.41, 5.74) is 2.79. The molecule has 0 N–H and O–H groups in total. The predicted octanol–water partition coefficient (Wildman–Crippen LogP) is 1.21. The maximum Gasteiger partial charge on any atom is 0.0419 e. The van der Waals surface area contributed by atoms with Crippen LogP contribution in [-0.2, 0) is 0 Å². The van der Waals surface area contributed by atoms with Gasteiger partial charge in [-0.1, -0.05) is 0 Å².